The van der Waals surface area contributed by atoms with E-state index in [1.165, 1.54) is 18.2 Å². The van der Waals surface area contributed by atoms with E-state index in [2.05, 4.69) is 5.32 Å². The van der Waals surface area contributed by atoms with Gasteiger partial charge in [0, 0.05) is 18.3 Å². The number of aromatic nitrogens is 1. The van der Waals surface area contributed by atoms with E-state index in [1.807, 2.05) is 5.32 Å². The molecule has 1 aromatic heterocycles. The third-order valence-corrected chi connectivity index (χ3v) is 6.02. The van der Waals surface area contributed by atoms with Crippen molar-refractivity contribution in [1.82, 2.24) is 15.2 Å². The van der Waals surface area contributed by atoms with Crippen LogP contribution in [-0.4, -0.2) is 39.1 Å². The average Bonchev–Trinajstić information content (AvgIpc) is 2.85. The number of carboxylic acid groups (broad SMARTS) is 1. The number of pyridine rings is 1. The van der Waals surface area contributed by atoms with Crippen molar-refractivity contribution in [2.24, 2.45) is 0 Å². The molecule has 0 aliphatic heterocycles. The lowest BCUT2D eigenvalue weighted by atomic mass is 10.1. The number of benzene rings is 2. The third kappa shape index (κ3) is 7.06. The van der Waals surface area contributed by atoms with Gasteiger partial charge in [-0.05, 0) is 29.8 Å². The Kier molecular flexibility index (Phi) is 8.87. The first kappa shape index (κ1) is 29.5. The molecule has 0 unspecified atom stereocenters. The van der Waals surface area contributed by atoms with Crippen LogP contribution in [0.4, 0.5) is 17.6 Å². The Morgan fingerprint density at radius 2 is 1.67 bits per heavy atom. The Morgan fingerprint density at radius 3 is 2.26 bits per heavy atom. The molecule has 0 aliphatic rings. The second-order valence-corrected chi connectivity index (χ2v) is 8.83. The van der Waals surface area contributed by atoms with E-state index >= 15 is 0 Å². The Bertz CT molecular complexity index is 1520. The molecule has 4 N–H and O–H groups in total. The van der Waals surface area contributed by atoms with Crippen LogP contribution in [0.2, 0.25) is 10.0 Å². The van der Waals surface area contributed by atoms with Gasteiger partial charge in [0.15, 0.2) is 0 Å². The molecule has 0 saturated heterocycles. The van der Waals surface area contributed by atoms with Crippen LogP contribution in [0.25, 0.3) is 0 Å². The normalized spacial score (nSPS) is 11.2. The lowest BCUT2D eigenvalue weighted by Gasteiger charge is -2.15. The summed E-state index contributed by atoms with van der Waals surface area (Å²) in [7, 11) is 0. The molecule has 0 atom stereocenters. The summed E-state index contributed by atoms with van der Waals surface area (Å²) in [6, 6.07) is 6.01. The molecule has 2 aromatic carbocycles. The molecule has 3 rings (SSSR count). The second-order valence-electron chi connectivity index (χ2n) is 8.01. The van der Waals surface area contributed by atoms with Gasteiger partial charge >= 0.3 is 12.1 Å². The average molecular weight is 590 g/mol. The molecule has 0 fully saturated rings. The van der Waals surface area contributed by atoms with Crippen molar-refractivity contribution in [2.45, 2.75) is 19.3 Å². The number of alkyl halides is 3. The first-order valence-electron chi connectivity index (χ1n) is 10.7. The number of hydrogen-bond acceptors (Lipinski definition) is 5. The Hall–Kier alpha value is -4.10. The topological polar surface area (TPSA) is 138 Å². The maximum atomic E-state index is 14.5. The van der Waals surface area contributed by atoms with Crippen molar-refractivity contribution < 1.29 is 42.2 Å². The zero-order valence-electron chi connectivity index (χ0n) is 19.4. The number of nitrogens with one attached hydrogen (secondary N) is 2. The van der Waals surface area contributed by atoms with E-state index in [0.29, 0.717) is 16.2 Å². The number of carboxylic acids is 1. The summed E-state index contributed by atoms with van der Waals surface area (Å²) in [6.07, 6.45) is -4.04. The van der Waals surface area contributed by atoms with E-state index in [9.17, 15) is 41.8 Å². The van der Waals surface area contributed by atoms with Gasteiger partial charge in [-0.2, -0.15) is 13.2 Å². The van der Waals surface area contributed by atoms with Crippen LogP contribution >= 0.6 is 23.2 Å². The quantitative estimate of drug-likeness (QED) is 0.295. The number of carbonyl (C=O) groups is 3. The van der Waals surface area contributed by atoms with Crippen LogP contribution in [0.1, 0.15) is 37.4 Å². The van der Waals surface area contributed by atoms with Crippen molar-refractivity contribution in [3.8, 4) is 5.75 Å². The first-order valence-corrected chi connectivity index (χ1v) is 11.5. The molecule has 2 amide bonds. The number of aromatic hydroxyl groups is 1. The Labute approximate surface area is 226 Å². The van der Waals surface area contributed by atoms with Gasteiger partial charge in [0.25, 0.3) is 17.4 Å². The fourth-order valence-electron chi connectivity index (χ4n) is 3.35. The van der Waals surface area contributed by atoms with Crippen LogP contribution in [0.15, 0.2) is 47.4 Å². The van der Waals surface area contributed by atoms with Crippen molar-refractivity contribution >= 4 is 41.0 Å². The van der Waals surface area contributed by atoms with Gasteiger partial charge in [-0.1, -0.05) is 35.3 Å². The Morgan fingerprint density at radius 1 is 0.974 bits per heavy atom. The van der Waals surface area contributed by atoms with Crippen molar-refractivity contribution in [1.29, 1.82) is 0 Å². The SMILES string of the molecule is O=C(O)CNC(=O)c1c(O)c(C(=O)NCc2ccc(Cl)c(Cl)c2)cn(Cc2ccc(C(F)(F)F)cc2F)c1=O. The highest BCUT2D eigenvalue weighted by Gasteiger charge is 2.31. The smallest absolute Gasteiger partial charge is 0.416 e. The fourth-order valence-corrected chi connectivity index (χ4v) is 3.67. The minimum absolute atomic E-state index is 0.150. The van der Waals surface area contributed by atoms with Crippen LogP contribution in [0, 0.1) is 5.82 Å². The monoisotopic (exact) mass is 589 g/mol. The highest BCUT2D eigenvalue weighted by molar-refractivity contribution is 6.42. The largest absolute Gasteiger partial charge is 0.506 e. The van der Waals surface area contributed by atoms with Crippen LogP contribution < -0.4 is 16.2 Å². The molecule has 3 aromatic rings. The van der Waals surface area contributed by atoms with E-state index in [4.69, 9.17) is 28.3 Å². The van der Waals surface area contributed by atoms with E-state index in [-0.39, 0.29) is 22.7 Å². The van der Waals surface area contributed by atoms with Gasteiger partial charge < -0.3 is 25.4 Å². The van der Waals surface area contributed by atoms with Crippen molar-refractivity contribution in [2.75, 3.05) is 6.54 Å². The number of carbonyl (C=O) groups excluding carboxylic acids is 2. The molecule has 15 heteroatoms. The number of aliphatic carboxylic acids is 1. The number of nitrogens with zero attached hydrogens (tertiary/aromatic N) is 1. The van der Waals surface area contributed by atoms with Gasteiger partial charge in [0.2, 0.25) is 0 Å². The van der Waals surface area contributed by atoms with Gasteiger partial charge in [-0.15, -0.1) is 0 Å². The van der Waals surface area contributed by atoms with Crippen LogP contribution in [0.5, 0.6) is 5.75 Å². The van der Waals surface area contributed by atoms with Crippen molar-refractivity contribution in [3.05, 3.63) is 96.6 Å². The Balaban J connectivity index is 2.03. The zero-order valence-corrected chi connectivity index (χ0v) is 20.9. The third-order valence-electron chi connectivity index (χ3n) is 5.28. The van der Waals surface area contributed by atoms with Gasteiger partial charge in [0.1, 0.15) is 23.7 Å². The molecular weight excluding hydrogens is 573 g/mol. The lowest BCUT2D eigenvalue weighted by molar-refractivity contribution is -0.138. The van der Waals surface area contributed by atoms with Crippen molar-refractivity contribution in [3.63, 3.8) is 0 Å². The minimum Gasteiger partial charge on any atom is -0.506 e. The molecule has 0 saturated carbocycles. The first-order chi connectivity index (χ1) is 18.2. The summed E-state index contributed by atoms with van der Waals surface area (Å²) in [5.74, 6) is -6.27. The molecule has 9 nitrogen and oxygen atoms in total. The molecular formula is C24H17Cl2F4N3O6. The fraction of sp³-hybridized carbons (Fsp3) is 0.167. The van der Waals surface area contributed by atoms with Gasteiger partial charge in [-0.25, -0.2) is 4.39 Å². The molecule has 1 heterocycles. The van der Waals surface area contributed by atoms with Gasteiger partial charge in [-0.3, -0.25) is 19.2 Å². The highest BCUT2D eigenvalue weighted by atomic mass is 35.5. The minimum atomic E-state index is -4.83. The second kappa shape index (κ2) is 11.7. The summed E-state index contributed by atoms with van der Waals surface area (Å²) in [4.78, 5) is 49.2. The standard InChI is InChI=1S/C24H17Cl2F4N3O6/c25-15-4-1-11(5-16(15)26)7-31-21(37)14-10-33(9-12-2-3-13(6-17(12)27)24(28,29)30)23(39)19(20(14)36)22(38)32-8-18(34)35/h1-6,10,36H,7-9H2,(H,31,37)(H,32,38)(H,34,35). The van der Waals surface area contributed by atoms with Crippen LogP contribution in [-0.2, 0) is 24.1 Å². The maximum Gasteiger partial charge on any atom is 0.416 e. The molecule has 39 heavy (non-hydrogen) atoms. The summed E-state index contributed by atoms with van der Waals surface area (Å²) >= 11 is 11.8. The number of amides is 2. The molecule has 0 bridgehead atoms. The van der Waals surface area contributed by atoms with E-state index in [1.54, 1.807) is 0 Å². The summed E-state index contributed by atoms with van der Waals surface area (Å²) in [6.45, 7) is -1.84. The number of halogens is 6. The molecule has 0 radical (unpaired) electrons. The zero-order chi connectivity index (χ0) is 29.1. The molecule has 206 valence electrons. The van der Waals surface area contributed by atoms with Crippen LogP contribution in [0.3, 0.4) is 0 Å². The lowest BCUT2D eigenvalue weighted by Crippen LogP contribution is -2.37. The highest BCUT2D eigenvalue weighted by Crippen LogP contribution is 2.30. The summed E-state index contributed by atoms with van der Waals surface area (Å²) in [5, 5.41) is 24.1. The predicted octanol–water partition coefficient (Wildman–Crippen LogP) is 3.81. The predicted molar refractivity (Wildman–Crippen MR) is 130 cm³/mol. The molecule has 0 aliphatic carbocycles. The number of hydrogen-bond donors (Lipinski definition) is 4. The van der Waals surface area contributed by atoms with E-state index in [0.717, 1.165) is 12.3 Å². The molecule has 0 spiro atoms. The van der Waals surface area contributed by atoms with Gasteiger partial charge in [0.05, 0.1) is 27.7 Å². The number of rotatable bonds is 8. The summed E-state index contributed by atoms with van der Waals surface area (Å²) in [5.41, 5.74) is -4.14. The van der Waals surface area contributed by atoms with E-state index < -0.39 is 76.4 Å². The summed E-state index contributed by atoms with van der Waals surface area (Å²) < 4.78 is 53.8. The maximum absolute atomic E-state index is 14.5.